The molecular weight excluding hydrogens is 476 g/mol. The third kappa shape index (κ3) is 3.93. The van der Waals surface area contributed by atoms with E-state index in [0.717, 1.165) is 11.5 Å². The van der Waals surface area contributed by atoms with Gasteiger partial charge in [-0.25, -0.2) is 14.3 Å². The molecule has 0 fully saturated rings. The second kappa shape index (κ2) is 8.79. The minimum atomic E-state index is -0.471. The van der Waals surface area contributed by atoms with Crippen LogP contribution in [-0.2, 0) is 13.1 Å². The van der Waals surface area contributed by atoms with Gasteiger partial charge in [0, 0.05) is 24.6 Å². The SMILES string of the molecule is CN(C)Cc1nccn1-c1ccc(-n2c(O)c3n(c2=O)CC[C@H]3NC(=O)c2ccc(Cl)s2)cc1. The fraction of sp³-hybridized carbons (Fsp3) is 0.261. The molecule has 1 aliphatic heterocycles. The highest BCUT2D eigenvalue weighted by Crippen LogP contribution is 2.34. The summed E-state index contributed by atoms with van der Waals surface area (Å²) in [5.41, 5.74) is 1.51. The van der Waals surface area contributed by atoms with Crippen LogP contribution in [0.15, 0.2) is 53.6 Å². The van der Waals surface area contributed by atoms with Crippen LogP contribution < -0.4 is 11.0 Å². The number of thiophene rings is 1. The summed E-state index contributed by atoms with van der Waals surface area (Å²) < 4.78 is 5.29. The van der Waals surface area contributed by atoms with Gasteiger partial charge < -0.3 is 19.9 Å². The molecule has 4 heterocycles. The molecule has 11 heteroatoms. The fourth-order valence-corrected chi connectivity index (χ4v) is 5.22. The molecule has 34 heavy (non-hydrogen) atoms. The summed E-state index contributed by atoms with van der Waals surface area (Å²) in [6.07, 6.45) is 4.16. The molecule has 0 saturated carbocycles. The van der Waals surface area contributed by atoms with E-state index < -0.39 is 6.04 Å². The predicted molar refractivity (Wildman–Crippen MR) is 130 cm³/mol. The summed E-state index contributed by atoms with van der Waals surface area (Å²) in [4.78, 5) is 32.6. The van der Waals surface area contributed by atoms with Gasteiger partial charge in [-0.15, -0.1) is 11.3 Å². The number of nitrogens with one attached hydrogen (secondary N) is 1. The third-order valence-electron chi connectivity index (χ3n) is 5.79. The van der Waals surface area contributed by atoms with E-state index >= 15 is 0 Å². The number of imidazole rings is 2. The lowest BCUT2D eigenvalue weighted by Crippen LogP contribution is -2.26. The molecule has 9 nitrogen and oxygen atoms in total. The van der Waals surface area contributed by atoms with Gasteiger partial charge in [-0.05, 0) is 56.9 Å². The molecule has 1 aromatic carbocycles. The maximum Gasteiger partial charge on any atom is 0.335 e. The van der Waals surface area contributed by atoms with Gasteiger partial charge in [0.05, 0.1) is 27.5 Å². The molecule has 0 saturated heterocycles. The molecular formula is C23H23ClN6O3S. The standard InChI is InChI=1S/C23H23ClN6O3S/c1-27(2)13-19-25-10-12-28(19)14-3-5-15(6-4-14)30-22(32)20-16(9-11-29(20)23(30)33)26-21(31)17-7-8-18(24)34-17/h3-8,10,12,16,32H,9,11,13H2,1-2H3,(H,26,31)/t16-/m1/s1. The smallest absolute Gasteiger partial charge is 0.335 e. The summed E-state index contributed by atoms with van der Waals surface area (Å²) >= 11 is 7.12. The molecule has 4 aromatic rings. The zero-order chi connectivity index (χ0) is 24.0. The van der Waals surface area contributed by atoms with Crippen LogP contribution in [-0.4, -0.2) is 48.7 Å². The molecule has 5 rings (SSSR count). The average Bonchev–Trinajstić information content (AvgIpc) is 3.57. The lowest BCUT2D eigenvalue weighted by molar-refractivity contribution is 0.0940. The number of halogens is 1. The Morgan fingerprint density at radius 2 is 1.97 bits per heavy atom. The molecule has 0 unspecified atom stereocenters. The molecule has 0 bridgehead atoms. The van der Waals surface area contributed by atoms with Crippen LogP contribution in [0.3, 0.4) is 0 Å². The number of aromatic nitrogens is 4. The number of amides is 1. The maximum atomic E-state index is 13.1. The van der Waals surface area contributed by atoms with E-state index in [2.05, 4.69) is 10.3 Å². The zero-order valence-electron chi connectivity index (χ0n) is 18.6. The van der Waals surface area contributed by atoms with Crippen LogP contribution in [0, 0.1) is 0 Å². The number of fused-ring (bicyclic) bond motifs is 1. The van der Waals surface area contributed by atoms with Crippen molar-refractivity contribution in [3.63, 3.8) is 0 Å². The maximum absolute atomic E-state index is 13.1. The molecule has 2 N–H and O–H groups in total. The van der Waals surface area contributed by atoms with Crippen molar-refractivity contribution in [2.24, 2.45) is 0 Å². The highest BCUT2D eigenvalue weighted by Gasteiger charge is 2.33. The first-order valence-electron chi connectivity index (χ1n) is 10.7. The summed E-state index contributed by atoms with van der Waals surface area (Å²) in [5.74, 6) is 0.445. The highest BCUT2D eigenvalue weighted by atomic mass is 35.5. The third-order valence-corrected chi connectivity index (χ3v) is 7.02. The van der Waals surface area contributed by atoms with Crippen LogP contribution in [0.2, 0.25) is 4.34 Å². The van der Waals surface area contributed by atoms with E-state index in [1.165, 1.54) is 20.5 Å². The Bertz CT molecular complexity index is 1420. The first kappa shape index (κ1) is 22.5. The van der Waals surface area contributed by atoms with Gasteiger partial charge in [0.1, 0.15) is 11.5 Å². The van der Waals surface area contributed by atoms with Gasteiger partial charge in [0.2, 0.25) is 5.88 Å². The van der Waals surface area contributed by atoms with Gasteiger partial charge in [0.15, 0.2) is 0 Å². The normalized spacial score (nSPS) is 15.1. The zero-order valence-corrected chi connectivity index (χ0v) is 20.2. The van der Waals surface area contributed by atoms with Gasteiger partial charge in [-0.3, -0.25) is 9.36 Å². The molecule has 0 aliphatic carbocycles. The summed E-state index contributed by atoms with van der Waals surface area (Å²) in [6.45, 7) is 1.10. The predicted octanol–water partition coefficient (Wildman–Crippen LogP) is 3.18. The van der Waals surface area contributed by atoms with E-state index in [1.807, 2.05) is 41.9 Å². The van der Waals surface area contributed by atoms with Gasteiger partial charge >= 0.3 is 5.69 Å². The lowest BCUT2D eigenvalue weighted by Gasteiger charge is -2.14. The second-order valence-corrected chi connectivity index (χ2v) is 10.1. The van der Waals surface area contributed by atoms with E-state index in [0.29, 0.717) is 40.1 Å². The topological polar surface area (TPSA) is 97.3 Å². The van der Waals surface area contributed by atoms with Crippen LogP contribution in [0.25, 0.3) is 11.4 Å². The number of carbonyl (C=O) groups is 1. The van der Waals surface area contributed by atoms with Crippen molar-refractivity contribution in [2.75, 3.05) is 14.1 Å². The van der Waals surface area contributed by atoms with Crippen molar-refractivity contribution in [2.45, 2.75) is 25.6 Å². The van der Waals surface area contributed by atoms with Crippen molar-refractivity contribution < 1.29 is 9.90 Å². The van der Waals surface area contributed by atoms with E-state index in [9.17, 15) is 14.7 Å². The van der Waals surface area contributed by atoms with Crippen molar-refractivity contribution in [3.8, 4) is 17.3 Å². The molecule has 1 amide bonds. The van der Waals surface area contributed by atoms with Gasteiger partial charge in [0.25, 0.3) is 5.91 Å². The molecule has 0 radical (unpaired) electrons. The monoisotopic (exact) mass is 498 g/mol. The number of rotatable bonds is 6. The Morgan fingerprint density at radius 1 is 1.24 bits per heavy atom. The largest absolute Gasteiger partial charge is 0.493 e. The number of hydrogen-bond donors (Lipinski definition) is 2. The Balaban J connectivity index is 1.43. The van der Waals surface area contributed by atoms with Crippen LogP contribution in [0.1, 0.15) is 33.7 Å². The number of carbonyl (C=O) groups excluding carboxylic acids is 1. The molecule has 3 aromatic heterocycles. The highest BCUT2D eigenvalue weighted by molar-refractivity contribution is 7.18. The van der Waals surface area contributed by atoms with Crippen LogP contribution >= 0.6 is 22.9 Å². The Hall–Kier alpha value is -3.34. The quantitative estimate of drug-likeness (QED) is 0.425. The average molecular weight is 499 g/mol. The van der Waals surface area contributed by atoms with Crippen molar-refractivity contribution >= 4 is 28.8 Å². The number of aromatic hydroxyl groups is 1. The Kier molecular flexibility index (Phi) is 5.80. The van der Waals surface area contributed by atoms with E-state index in [4.69, 9.17) is 11.6 Å². The van der Waals surface area contributed by atoms with Crippen LogP contribution in [0.4, 0.5) is 0 Å². The summed E-state index contributed by atoms with van der Waals surface area (Å²) in [6, 6.07) is 10.2. The van der Waals surface area contributed by atoms with E-state index in [1.54, 1.807) is 30.5 Å². The van der Waals surface area contributed by atoms with Crippen molar-refractivity contribution in [1.82, 2.24) is 28.9 Å². The van der Waals surface area contributed by atoms with E-state index in [-0.39, 0.29) is 17.5 Å². The molecule has 0 spiro atoms. The Morgan fingerprint density at radius 3 is 2.65 bits per heavy atom. The first-order valence-corrected chi connectivity index (χ1v) is 11.9. The summed E-state index contributed by atoms with van der Waals surface area (Å²) in [5, 5.41) is 13.9. The van der Waals surface area contributed by atoms with Gasteiger partial charge in [-0.1, -0.05) is 11.6 Å². The van der Waals surface area contributed by atoms with Gasteiger partial charge in [-0.2, -0.15) is 0 Å². The number of nitrogens with zero attached hydrogens (tertiary/aromatic N) is 5. The molecule has 1 atom stereocenters. The molecule has 176 valence electrons. The fourth-order valence-electron chi connectivity index (χ4n) is 4.28. The second-order valence-electron chi connectivity index (χ2n) is 8.36. The minimum absolute atomic E-state index is 0.166. The number of hydrogen-bond acceptors (Lipinski definition) is 6. The first-order chi connectivity index (χ1) is 16.3. The molecule has 1 aliphatic rings. The van der Waals surface area contributed by atoms with Crippen molar-refractivity contribution in [3.05, 3.63) is 80.0 Å². The Labute approximate surface area is 204 Å². The lowest BCUT2D eigenvalue weighted by atomic mass is 10.2. The van der Waals surface area contributed by atoms with Crippen LogP contribution in [0.5, 0.6) is 5.88 Å². The minimum Gasteiger partial charge on any atom is -0.493 e. The summed E-state index contributed by atoms with van der Waals surface area (Å²) in [7, 11) is 3.96. The van der Waals surface area contributed by atoms with Crippen molar-refractivity contribution in [1.29, 1.82) is 0 Å². The number of benzene rings is 1.